The zero-order valence-corrected chi connectivity index (χ0v) is 14.5. The Morgan fingerprint density at radius 2 is 1.62 bits per heavy atom. The Hall–Kier alpha value is -2.10. The molecule has 1 aromatic carbocycles. The molecule has 0 aliphatic rings. The highest BCUT2D eigenvalue weighted by Gasteiger charge is 2.30. The van der Waals surface area contributed by atoms with Gasteiger partial charge in [-0.1, -0.05) is 69.5 Å². The van der Waals surface area contributed by atoms with Gasteiger partial charge in [0.2, 0.25) is 0 Å². The summed E-state index contributed by atoms with van der Waals surface area (Å²) in [5, 5.41) is 0. The van der Waals surface area contributed by atoms with E-state index < -0.39 is 11.7 Å². The number of nitrogens with zero attached hydrogens (tertiary/aromatic N) is 1. The lowest BCUT2D eigenvalue weighted by atomic mass is 10.0. The van der Waals surface area contributed by atoms with Crippen LogP contribution in [0.4, 0.5) is 13.2 Å². The molecule has 0 unspecified atom stereocenters. The van der Waals surface area contributed by atoms with E-state index in [9.17, 15) is 13.2 Å². The lowest BCUT2D eigenvalue weighted by molar-refractivity contribution is -0.137. The van der Waals surface area contributed by atoms with Gasteiger partial charge >= 0.3 is 6.18 Å². The van der Waals surface area contributed by atoms with Crippen molar-refractivity contribution >= 4 is 5.57 Å². The summed E-state index contributed by atoms with van der Waals surface area (Å²) in [7, 11) is 0. The van der Waals surface area contributed by atoms with Crippen molar-refractivity contribution < 1.29 is 13.2 Å². The summed E-state index contributed by atoms with van der Waals surface area (Å²) >= 11 is 0. The number of aromatic nitrogens is 1. The van der Waals surface area contributed by atoms with Crippen LogP contribution in [0.1, 0.15) is 51.2 Å². The number of allylic oxidation sites excluding steroid dienone is 1. The summed E-state index contributed by atoms with van der Waals surface area (Å²) in [6.45, 7) is 10.1. The van der Waals surface area contributed by atoms with E-state index in [1.54, 1.807) is 12.1 Å². The number of rotatable bonds is 4. The lowest BCUT2D eigenvalue weighted by Crippen LogP contribution is -2.05. The third-order valence-electron chi connectivity index (χ3n) is 3.47. The Morgan fingerprint density at radius 1 is 1.04 bits per heavy atom. The maximum Gasteiger partial charge on any atom is 0.416 e. The zero-order valence-electron chi connectivity index (χ0n) is 14.5. The van der Waals surface area contributed by atoms with E-state index in [1.165, 1.54) is 25.5 Å². The zero-order chi connectivity index (χ0) is 18.2. The number of benzene rings is 1. The largest absolute Gasteiger partial charge is 0.416 e. The summed E-state index contributed by atoms with van der Waals surface area (Å²) in [5.74, 6) is 0. The first-order chi connectivity index (χ1) is 11.3. The van der Waals surface area contributed by atoms with Crippen molar-refractivity contribution in [1.29, 1.82) is 0 Å². The van der Waals surface area contributed by atoms with Gasteiger partial charge in [-0.3, -0.25) is 4.98 Å². The third-order valence-corrected chi connectivity index (χ3v) is 3.47. The molecule has 0 aliphatic carbocycles. The van der Waals surface area contributed by atoms with Crippen LogP contribution in [0.2, 0.25) is 0 Å². The van der Waals surface area contributed by atoms with Crippen LogP contribution < -0.4 is 0 Å². The molecule has 0 radical (unpaired) electrons. The average molecular weight is 335 g/mol. The first-order valence-corrected chi connectivity index (χ1v) is 8.09. The molecule has 0 amide bonds. The molecule has 1 aromatic heterocycles. The number of pyridine rings is 1. The third kappa shape index (κ3) is 6.19. The molecular weight excluding hydrogens is 311 g/mol. The first-order valence-electron chi connectivity index (χ1n) is 8.09. The Bertz CT molecular complexity index is 641. The van der Waals surface area contributed by atoms with Crippen molar-refractivity contribution in [2.75, 3.05) is 0 Å². The summed E-state index contributed by atoms with van der Waals surface area (Å²) in [6.07, 6.45) is 0.896. The van der Waals surface area contributed by atoms with Crippen LogP contribution in [0.3, 0.4) is 0 Å². The molecule has 2 aromatic rings. The fraction of sp³-hybridized carbons (Fsp3) is 0.350. The molecule has 2 rings (SSSR count). The van der Waals surface area contributed by atoms with Gasteiger partial charge in [0, 0.05) is 11.8 Å². The van der Waals surface area contributed by atoms with Crippen LogP contribution in [0.5, 0.6) is 0 Å². The molecule has 1 heterocycles. The second-order valence-corrected chi connectivity index (χ2v) is 5.64. The minimum atomic E-state index is -4.35. The number of halogens is 3. The molecular formula is C20H24F3N. The van der Waals surface area contributed by atoms with Gasteiger partial charge in [-0.05, 0) is 24.6 Å². The maximum absolute atomic E-state index is 12.6. The predicted molar refractivity (Wildman–Crippen MR) is 94.6 cm³/mol. The molecule has 0 fully saturated rings. The second-order valence-electron chi connectivity index (χ2n) is 5.64. The van der Waals surface area contributed by atoms with Crippen LogP contribution in [-0.2, 0) is 6.18 Å². The van der Waals surface area contributed by atoms with Gasteiger partial charge in [0.25, 0.3) is 0 Å². The summed E-state index contributed by atoms with van der Waals surface area (Å²) < 4.78 is 37.8. The quantitative estimate of drug-likeness (QED) is 0.586. The molecule has 0 bridgehead atoms. The Kier molecular flexibility index (Phi) is 7.69. The molecule has 1 nitrogen and oxygen atoms in total. The molecule has 0 N–H and O–H groups in total. The normalized spacial score (nSPS) is 10.8. The molecule has 130 valence electrons. The Morgan fingerprint density at radius 3 is 2.04 bits per heavy atom. The van der Waals surface area contributed by atoms with Gasteiger partial charge < -0.3 is 0 Å². The number of hydrogen-bond donors (Lipinski definition) is 0. The van der Waals surface area contributed by atoms with Crippen molar-refractivity contribution in [3.63, 3.8) is 0 Å². The molecule has 24 heavy (non-hydrogen) atoms. The van der Waals surface area contributed by atoms with Gasteiger partial charge in [-0.25, -0.2) is 0 Å². The van der Waals surface area contributed by atoms with E-state index in [0.717, 1.165) is 23.3 Å². The van der Waals surface area contributed by atoms with Gasteiger partial charge in [-0.2, -0.15) is 13.2 Å². The Labute approximate surface area is 142 Å². The summed E-state index contributed by atoms with van der Waals surface area (Å²) in [6, 6.07) is 9.14. The van der Waals surface area contributed by atoms with Crippen molar-refractivity contribution in [1.82, 2.24) is 4.98 Å². The summed E-state index contributed by atoms with van der Waals surface area (Å²) in [5.41, 5.74) is 2.12. The Balaban J connectivity index is 0.000000505. The lowest BCUT2D eigenvalue weighted by Gasteiger charge is -2.08. The minimum absolute atomic E-state index is 0.308. The fourth-order valence-corrected chi connectivity index (χ4v) is 2.04. The monoisotopic (exact) mass is 335 g/mol. The summed E-state index contributed by atoms with van der Waals surface area (Å²) in [4.78, 5) is 3.98. The number of unbranched alkanes of at least 4 members (excludes halogenated alkanes) is 2. The van der Waals surface area contributed by atoms with Crippen LogP contribution in [-0.4, -0.2) is 4.98 Å². The average Bonchev–Trinajstić information content (AvgIpc) is 2.56. The second kappa shape index (κ2) is 9.26. The van der Waals surface area contributed by atoms with Crippen LogP contribution in [0.25, 0.3) is 16.8 Å². The molecule has 0 aliphatic heterocycles. The van der Waals surface area contributed by atoms with E-state index >= 15 is 0 Å². The highest BCUT2D eigenvalue weighted by atomic mass is 19.4. The highest BCUT2D eigenvalue weighted by Crippen LogP contribution is 2.31. The van der Waals surface area contributed by atoms with Gasteiger partial charge in [-0.15, -0.1) is 0 Å². The minimum Gasteiger partial charge on any atom is -0.256 e. The number of hydrogen-bond acceptors (Lipinski definition) is 1. The van der Waals surface area contributed by atoms with Gasteiger partial charge in [0.1, 0.15) is 0 Å². The van der Waals surface area contributed by atoms with E-state index in [4.69, 9.17) is 0 Å². The van der Waals surface area contributed by atoms with E-state index in [-0.39, 0.29) is 0 Å². The number of alkyl halides is 3. The molecule has 0 saturated heterocycles. The smallest absolute Gasteiger partial charge is 0.256 e. The molecule has 4 heteroatoms. The van der Waals surface area contributed by atoms with Crippen molar-refractivity contribution in [3.05, 3.63) is 60.3 Å². The van der Waals surface area contributed by atoms with Crippen LogP contribution in [0, 0.1) is 0 Å². The van der Waals surface area contributed by atoms with E-state index in [0.29, 0.717) is 11.3 Å². The standard InChI is InChI=1S/C15H12F3N.C5H12/c1-10(2)11-3-5-12(6-4-11)14-9-13(7-8-19-14)15(16,17)18;1-3-5-4-2/h3-9H,1H2,2H3;3-5H2,1-2H3. The van der Waals surface area contributed by atoms with Crippen molar-refractivity contribution in [2.45, 2.75) is 46.2 Å². The highest BCUT2D eigenvalue weighted by molar-refractivity contribution is 5.67. The SMILES string of the molecule is C=C(C)c1ccc(-c2cc(C(F)(F)F)ccn2)cc1.CCCCC. The van der Waals surface area contributed by atoms with Crippen molar-refractivity contribution in [2.24, 2.45) is 0 Å². The van der Waals surface area contributed by atoms with Crippen LogP contribution >= 0.6 is 0 Å². The van der Waals surface area contributed by atoms with Gasteiger partial charge in [0.15, 0.2) is 0 Å². The van der Waals surface area contributed by atoms with Crippen molar-refractivity contribution in [3.8, 4) is 11.3 Å². The topological polar surface area (TPSA) is 12.9 Å². The molecule has 0 spiro atoms. The van der Waals surface area contributed by atoms with E-state index in [2.05, 4.69) is 25.4 Å². The fourth-order valence-electron chi connectivity index (χ4n) is 2.04. The van der Waals surface area contributed by atoms with E-state index in [1.807, 2.05) is 19.1 Å². The maximum atomic E-state index is 12.6. The predicted octanol–water partition coefficient (Wildman–Crippen LogP) is 7.00. The molecule has 0 saturated carbocycles. The first kappa shape index (κ1) is 19.9. The van der Waals surface area contributed by atoms with Crippen LogP contribution in [0.15, 0.2) is 49.2 Å². The van der Waals surface area contributed by atoms with Gasteiger partial charge in [0.05, 0.1) is 11.3 Å². The molecule has 0 atom stereocenters.